The molecule has 3 nitrogen and oxygen atoms in total. The highest BCUT2D eigenvalue weighted by molar-refractivity contribution is 7.23. The van der Waals surface area contributed by atoms with E-state index in [9.17, 15) is 4.79 Å². The van der Waals surface area contributed by atoms with E-state index in [0.717, 1.165) is 30.9 Å². The van der Waals surface area contributed by atoms with E-state index in [0.29, 0.717) is 6.42 Å². The average Bonchev–Trinajstić information content (AvgIpc) is 3.14. The first kappa shape index (κ1) is 15.8. The number of anilines is 1. The molecule has 1 amide bonds. The summed E-state index contributed by atoms with van der Waals surface area (Å²) in [7, 11) is 0. The monoisotopic (exact) mass is 356 g/mol. The third-order valence-corrected chi connectivity index (χ3v) is 6.61. The fraction of sp³-hybridized carbons (Fsp3) is 0.316. The number of carbonyl (C=O) groups is 1. The molecule has 5 heteroatoms. The van der Waals surface area contributed by atoms with E-state index in [-0.39, 0.29) is 5.91 Å². The van der Waals surface area contributed by atoms with Crippen LogP contribution in [0.1, 0.15) is 30.2 Å². The second kappa shape index (κ2) is 6.67. The summed E-state index contributed by atoms with van der Waals surface area (Å²) in [5, 5.41) is 8.91. The van der Waals surface area contributed by atoms with E-state index in [1.165, 1.54) is 31.0 Å². The largest absolute Gasteiger partial charge is 0.317 e. The Hall–Kier alpha value is -1.69. The number of hydrogen-bond acceptors (Lipinski definition) is 4. The van der Waals surface area contributed by atoms with Crippen LogP contribution in [0.4, 0.5) is 5.00 Å². The molecule has 3 aromatic rings. The van der Waals surface area contributed by atoms with Crippen LogP contribution in [-0.2, 0) is 17.8 Å². The van der Waals surface area contributed by atoms with Crippen molar-refractivity contribution < 1.29 is 4.79 Å². The zero-order chi connectivity index (χ0) is 16.5. The lowest BCUT2D eigenvalue weighted by Gasteiger charge is -2.13. The van der Waals surface area contributed by atoms with E-state index in [1.54, 1.807) is 11.3 Å². The summed E-state index contributed by atoms with van der Waals surface area (Å²) in [6.07, 6.45) is 2.47. The summed E-state index contributed by atoms with van der Waals surface area (Å²) >= 11 is 3.55. The van der Waals surface area contributed by atoms with Crippen LogP contribution in [0.3, 0.4) is 0 Å². The SMILES string of the molecule is CCCC(=O)Nc1sc2c(c1-c1cc3ccccc3s1)CCNC2. The van der Waals surface area contributed by atoms with Gasteiger partial charge in [-0.15, -0.1) is 22.7 Å². The molecule has 1 aromatic carbocycles. The number of benzene rings is 1. The Balaban J connectivity index is 1.82. The molecule has 0 unspecified atom stereocenters. The lowest BCUT2D eigenvalue weighted by molar-refractivity contribution is -0.116. The quantitative estimate of drug-likeness (QED) is 0.689. The second-order valence-electron chi connectivity index (χ2n) is 6.08. The van der Waals surface area contributed by atoms with Crippen molar-refractivity contribution in [2.24, 2.45) is 0 Å². The van der Waals surface area contributed by atoms with Crippen LogP contribution in [0.2, 0.25) is 0 Å². The minimum absolute atomic E-state index is 0.117. The minimum atomic E-state index is 0.117. The van der Waals surface area contributed by atoms with Gasteiger partial charge in [0.25, 0.3) is 0 Å². The van der Waals surface area contributed by atoms with Crippen LogP contribution < -0.4 is 10.6 Å². The molecule has 3 heterocycles. The molecule has 1 aliphatic heterocycles. The summed E-state index contributed by atoms with van der Waals surface area (Å²) in [6.45, 7) is 3.95. The summed E-state index contributed by atoms with van der Waals surface area (Å²) in [5.74, 6) is 0.117. The number of fused-ring (bicyclic) bond motifs is 2. The number of hydrogen-bond donors (Lipinski definition) is 2. The maximum absolute atomic E-state index is 12.2. The Morgan fingerprint density at radius 3 is 3.00 bits per heavy atom. The van der Waals surface area contributed by atoms with Crippen molar-refractivity contribution in [2.75, 3.05) is 11.9 Å². The van der Waals surface area contributed by atoms with Gasteiger partial charge in [-0.2, -0.15) is 0 Å². The van der Waals surface area contributed by atoms with Crippen LogP contribution in [0.5, 0.6) is 0 Å². The highest BCUT2D eigenvalue weighted by Crippen LogP contribution is 2.46. The van der Waals surface area contributed by atoms with Crippen molar-refractivity contribution in [3.05, 3.63) is 40.8 Å². The van der Waals surface area contributed by atoms with Gasteiger partial charge in [-0.1, -0.05) is 25.1 Å². The summed E-state index contributed by atoms with van der Waals surface area (Å²) in [6, 6.07) is 10.7. The molecule has 0 bridgehead atoms. The Morgan fingerprint density at radius 1 is 1.29 bits per heavy atom. The minimum Gasteiger partial charge on any atom is -0.317 e. The fourth-order valence-electron chi connectivity index (χ4n) is 3.20. The van der Waals surface area contributed by atoms with Gasteiger partial charge in [-0.25, -0.2) is 0 Å². The van der Waals surface area contributed by atoms with Gasteiger partial charge in [-0.05, 0) is 42.5 Å². The molecule has 124 valence electrons. The lowest BCUT2D eigenvalue weighted by Crippen LogP contribution is -2.22. The molecule has 0 saturated carbocycles. The summed E-state index contributed by atoms with van der Waals surface area (Å²) < 4.78 is 1.30. The maximum atomic E-state index is 12.2. The van der Waals surface area contributed by atoms with Gasteiger partial charge in [0, 0.05) is 33.0 Å². The van der Waals surface area contributed by atoms with Crippen LogP contribution in [0.25, 0.3) is 20.5 Å². The molecule has 0 spiro atoms. The van der Waals surface area contributed by atoms with E-state index < -0.39 is 0 Å². The van der Waals surface area contributed by atoms with Crippen molar-refractivity contribution in [3.8, 4) is 10.4 Å². The van der Waals surface area contributed by atoms with Crippen molar-refractivity contribution >= 4 is 43.7 Å². The normalized spacial score (nSPS) is 13.9. The predicted molar refractivity (Wildman–Crippen MR) is 104 cm³/mol. The first-order valence-electron chi connectivity index (χ1n) is 8.40. The first-order chi connectivity index (χ1) is 11.8. The summed E-state index contributed by atoms with van der Waals surface area (Å²) in [5.41, 5.74) is 2.67. The highest BCUT2D eigenvalue weighted by Gasteiger charge is 2.23. The molecular weight excluding hydrogens is 336 g/mol. The van der Waals surface area contributed by atoms with E-state index in [2.05, 4.69) is 41.0 Å². The van der Waals surface area contributed by atoms with Gasteiger partial charge in [0.1, 0.15) is 5.00 Å². The number of rotatable bonds is 4. The molecule has 0 radical (unpaired) electrons. The fourth-order valence-corrected chi connectivity index (χ4v) is 5.66. The molecule has 0 aliphatic carbocycles. The maximum Gasteiger partial charge on any atom is 0.224 e. The van der Waals surface area contributed by atoms with E-state index in [1.807, 2.05) is 18.3 Å². The molecule has 0 fully saturated rings. The van der Waals surface area contributed by atoms with Crippen molar-refractivity contribution in [1.29, 1.82) is 0 Å². The lowest BCUT2D eigenvalue weighted by atomic mass is 10.0. The van der Waals surface area contributed by atoms with Crippen molar-refractivity contribution in [2.45, 2.75) is 32.7 Å². The number of thiophene rings is 2. The third-order valence-electron chi connectivity index (χ3n) is 4.33. The first-order valence-corrected chi connectivity index (χ1v) is 10.0. The van der Waals surface area contributed by atoms with Crippen LogP contribution >= 0.6 is 22.7 Å². The number of amides is 1. The molecule has 4 rings (SSSR count). The topological polar surface area (TPSA) is 41.1 Å². The molecule has 2 aromatic heterocycles. The summed E-state index contributed by atoms with van der Waals surface area (Å²) in [4.78, 5) is 14.8. The zero-order valence-electron chi connectivity index (χ0n) is 13.6. The van der Waals surface area contributed by atoms with Crippen LogP contribution in [0.15, 0.2) is 30.3 Å². The Kier molecular flexibility index (Phi) is 4.39. The molecular formula is C19H20N2OS2. The predicted octanol–water partition coefficient (Wildman–Crippen LogP) is 5.01. The Bertz CT molecular complexity index is 861. The zero-order valence-corrected chi connectivity index (χ0v) is 15.3. The van der Waals surface area contributed by atoms with E-state index in [4.69, 9.17) is 0 Å². The standard InChI is InChI=1S/C19H20N2OS2/c1-2-5-17(22)21-19-18(13-8-9-20-11-16(13)24-19)15-10-12-6-3-4-7-14(12)23-15/h3-4,6-7,10,20H,2,5,8-9,11H2,1H3,(H,21,22). The molecule has 24 heavy (non-hydrogen) atoms. The third kappa shape index (κ3) is 2.88. The van der Waals surface area contributed by atoms with Gasteiger partial charge >= 0.3 is 0 Å². The molecule has 0 atom stereocenters. The smallest absolute Gasteiger partial charge is 0.224 e. The average molecular weight is 357 g/mol. The van der Waals surface area contributed by atoms with Crippen molar-refractivity contribution in [3.63, 3.8) is 0 Å². The Labute approximate surface area is 149 Å². The van der Waals surface area contributed by atoms with Crippen molar-refractivity contribution in [1.82, 2.24) is 5.32 Å². The second-order valence-corrected chi connectivity index (χ2v) is 8.27. The Morgan fingerprint density at radius 2 is 2.17 bits per heavy atom. The highest BCUT2D eigenvalue weighted by atomic mass is 32.1. The van der Waals surface area contributed by atoms with Gasteiger partial charge < -0.3 is 10.6 Å². The van der Waals surface area contributed by atoms with Gasteiger partial charge in [-0.3, -0.25) is 4.79 Å². The van der Waals surface area contributed by atoms with Crippen LogP contribution in [-0.4, -0.2) is 12.5 Å². The van der Waals surface area contributed by atoms with Gasteiger partial charge in [0.05, 0.1) is 0 Å². The van der Waals surface area contributed by atoms with E-state index >= 15 is 0 Å². The molecule has 2 N–H and O–H groups in total. The van der Waals surface area contributed by atoms with Gasteiger partial charge in [0.15, 0.2) is 0 Å². The van der Waals surface area contributed by atoms with Crippen LogP contribution in [0, 0.1) is 0 Å². The molecule has 1 aliphatic rings. The van der Waals surface area contributed by atoms with Gasteiger partial charge in [0.2, 0.25) is 5.91 Å². The molecule has 0 saturated heterocycles. The number of carbonyl (C=O) groups excluding carboxylic acids is 1. The number of nitrogens with one attached hydrogen (secondary N) is 2.